The lowest BCUT2D eigenvalue weighted by Crippen LogP contribution is -2.46. The fourth-order valence-corrected chi connectivity index (χ4v) is 6.77. The summed E-state index contributed by atoms with van der Waals surface area (Å²) in [6.07, 6.45) is 5.60. The highest BCUT2D eigenvalue weighted by atomic mass is 16.3. The van der Waals surface area contributed by atoms with E-state index in [9.17, 15) is 24.6 Å². The Bertz CT molecular complexity index is 2090. The normalized spacial score (nSPS) is 19.6. The van der Waals surface area contributed by atoms with Crippen molar-refractivity contribution in [3.8, 4) is 5.69 Å². The van der Waals surface area contributed by atoms with Gasteiger partial charge in [0.05, 0.1) is 35.6 Å². The summed E-state index contributed by atoms with van der Waals surface area (Å²) in [6, 6.07) is 28.9. The molecule has 2 aliphatic rings. The minimum absolute atomic E-state index is 0.0407. The first kappa shape index (κ1) is 30.3. The Morgan fingerprint density at radius 1 is 0.957 bits per heavy atom. The average Bonchev–Trinajstić information content (AvgIpc) is 3.34. The lowest BCUT2D eigenvalue weighted by atomic mass is 9.82. The first-order valence-electron chi connectivity index (χ1n) is 15.7. The monoisotopic (exact) mass is 626 g/mol. The molecular formula is C38H34N4O5. The second-order valence-electron chi connectivity index (χ2n) is 12.1. The highest BCUT2D eigenvalue weighted by Crippen LogP contribution is 2.48. The van der Waals surface area contributed by atoms with Crippen molar-refractivity contribution in [2.24, 2.45) is 5.92 Å². The summed E-state index contributed by atoms with van der Waals surface area (Å²) in [7, 11) is 0. The molecule has 0 aliphatic carbocycles. The van der Waals surface area contributed by atoms with E-state index in [0.29, 0.717) is 46.4 Å². The fourth-order valence-electron chi connectivity index (χ4n) is 6.77. The molecule has 9 heteroatoms. The van der Waals surface area contributed by atoms with Crippen molar-refractivity contribution >= 4 is 34.0 Å². The molecule has 0 fully saturated rings. The quantitative estimate of drug-likeness (QED) is 0.251. The van der Waals surface area contributed by atoms with Crippen molar-refractivity contribution in [1.82, 2.24) is 14.7 Å². The topological polar surface area (TPSA) is 116 Å². The van der Waals surface area contributed by atoms with E-state index in [1.807, 2.05) is 54.6 Å². The molecule has 5 aromatic rings. The number of carbonyl (C=O) groups is 2. The number of aliphatic hydroxyl groups is 2. The predicted octanol–water partition coefficient (Wildman–Crippen LogP) is 4.78. The number of fused-ring (bicyclic) bond motifs is 3. The first-order valence-corrected chi connectivity index (χ1v) is 15.7. The third kappa shape index (κ3) is 5.14. The van der Waals surface area contributed by atoms with Crippen LogP contribution in [0.5, 0.6) is 0 Å². The zero-order valence-electron chi connectivity index (χ0n) is 25.9. The van der Waals surface area contributed by atoms with E-state index >= 15 is 0 Å². The van der Waals surface area contributed by atoms with Crippen LogP contribution in [0.25, 0.3) is 16.5 Å². The minimum Gasteiger partial charge on any atom is -0.394 e. The van der Waals surface area contributed by atoms with Gasteiger partial charge < -0.3 is 15.1 Å². The van der Waals surface area contributed by atoms with Crippen molar-refractivity contribution in [3.63, 3.8) is 0 Å². The van der Waals surface area contributed by atoms with Crippen LogP contribution in [-0.4, -0.2) is 49.4 Å². The van der Waals surface area contributed by atoms with Crippen LogP contribution in [0, 0.1) is 5.92 Å². The summed E-state index contributed by atoms with van der Waals surface area (Å²) in [5.41, 5.74) is 1.70. The zero-order valence-corrected chi connectivity index (χ0v) is 25.9. The smallest absolute Gasteiger partial charge is 0.279 e. The SMILES string of the molecule is C[C@H](/C=C/CC(=O)N1Cc2ccccc2C[C@H]1CO)[C@@]1(O)C(=O)N(c2ccccc2)c2ccc(-n3ncc4ccccc4c3=O)cc21. The number of hydrogen-bond acceptors (Lipinski definition) is 6. The maximum atomic E-state index is 14.2. The molecule has 0 radical (unpaired) electrons. The summed E-state index contributed by atoms with van der Waals surface area (Å²) in [6.45, 7) is 2.01. The summed E-state index contributed by atoms with van der Waals surface area (Å²) in [5, 5.41) is 28.0. The molecule has 7 rings (SSSR count). The molecule has 47 heavy (non-hydrogen) atoms. The molecule has 0 saturated carbocycles. The highest BCUT2D eigenvalue weighted by Gasteiger charge is 2.53. The zero-order chi connectivity index (χ0) is 32.7. The maximum Gasteiger partial charge on any atom is 0.279 e. The third-order valence-electron chi connectivity index (χ3n) is 9.38. The van der Waals surface area contributed by atoms with E-state index in [1.165, 1.54) is 9.58 Å². The molecular weight excluding hydrogens is 592 g/mol. The molecule has 0 unspecified atom stereocenters. The molecule has 0 bridgehead atoms. The number of anilines is 2. The van der Waals surface area contributed by atoms with E-state index in [-0.39, 0.29) is 30.5 Å². The van der Waals surface area contributed by atoms with Gasteiger partial charge in [-0.1, -0.05) is 79.7 Å². The lowest BCUT2D eigenvalue weighted by molar-refractivity contribution is -0.138. The molecule has 2 N–H and O–H groups in total. The van der Waals surface area contributed by atoms with Gasteiger partial charge in [-0.05, 0) is 53.9 Å². The van der Waals surface area contributed by atoms with Crippen LogP contribution in [0.4, 0.5) is 11.4 Å². The minimum atomic E-state index is -2.00. The van der Waals surface area contributed by atoms with Crippen molar-refractivity contribution in [2.75, 3.05) is 11.5 Å². The number of aliphatic hydroxyl groups excluding tert-OH is 1. The Labute approximate surface area is 271 Å². The lowest BCUT2D eigenvalue weighted by Gasteiger charge is -2.36. The molecule has 2 amide bonds. The number of aromatic nitrogens is 2. The predicted molar refractivity (Wildman–Crippen MR) is 179 cm³/mol. The number of para-hydroxylation sites is 1. The van der Waals surface area contributed by atoms with Crippen molar-refractivity contribution in [3.05, 3.63) is 142 Å². The molecule has 3 atom stereocenters. The van der Waals surface area contributed by atoms with E-state index in [4.69, 9.17) is 0 Å². The van der Waals surface area contributed by atoms with Crippen LogP contribution in [0.2, 0.25) is 0 Å². The second-order valence-corrected chi connectivity index (χ2v) is 12.1. The summed E-state index contributed by atoms with van der Waals surface area (Å²) in [5.74, 6) is -1.43. The summed E-state index contributed by atoms with van der Waals surface area (Å²) < 4.78 is 1.27. The third-order valence-corrected chi connectivity index (χ3v) is 9.38. The molecule has 2 aliphatic heterocycles. The van der Waals surface area contributed by atoms with Gasteiger partial charge in [-0.3, -0.25) is 19.3 Å². The summed E-state index contributed by atoms with van der Waals surface area (Å²) in [4.78, 5) is 44.2. The van der Waals surface area contributed by atoms with Gasteiger partial charge in [0.15, 0.2) is 5.60 Å². The maximum absolute atomic E-state index is 14.2. The Hall–Kier alpha value is -5.38. The van der Waals surface area contributed by atoms with Gasteiger partial charge in [-0.15, -0.1) is 0 Å². The van der Waals surface area contributed by atoms with E-state index < -0.39 is 17.4 Å². The molecule has 1 aromatic heterocycles. The Morgan fingerprint density at radius 3 is 2.47 bits per heavy atom. The first-order chi connectivity index (χ1) is 22.8. The molecule has 9 nitrogen and oxygen atoms in total. The second kappa shape index (κ2) is 12.1. The van der Waals surface area contributed by atoms with Crippen molar-refractivity contribution < 1.29 is 19.8 Å². The number of benzene rings is 4. The number of hydrogen-bond donors (Lipinski definition) is 2. The average molecular weight is 627 g/mol. The van der Waals surface area contributed by atoms with Crippen LogP contribution in [-0.2, 0) is 28.2 Å². The number of amides is 2. The van der Waals surface area contributed by atoms with Crippen molar-refractivity contribution in [1.29, 1.82) is 0 Å². The largest absolute Gasteiger partial charge is 0.394 e. The van der Waals surface area contributed by atoms with Gasteiger partial charge >= 0.3 is 0 Å². The van der Waals surface area contributed by atoms with Crippen LogP contribution < -0.4 is 10.5 Å². The van der Waals surface area contributed by atoms with Crippen LogP contribution in [0.3, 0.4) is 0 Å². The van der Waals surface area contributed by atoms with Gasteiger partial charge in [0.1, 0.15) is 0 Å². The van der Waals surface area contributed by atoms with Crippen LogP contribution in [0.1, 0.15) is 30.0 Å². The highest BCUT2D eigenvalue weighted by molar-refractivity contribution is 6.12. The van der Waals surface area contributed by atoms with Crippen LogP contribution in [0.15, 0.2) is 120 Å². The molecule has 0 saturated heterocycles. The van der Waals surface area contributed by atoms with Gasteiger partial charge in [0.2, 0.25) is 5.91 Å². The van der Waals surface area contributed by atoms with E-state index in [0.717, 1.165) is 11.1 Å². The number of nitrogens with zero attached hydrogens (tertiary/aromatic N) is 4. The van der Waals surface area contributed by atoms with Gasteiger partial charge in [0, 0.05) is 35.5 Å². The van der Waals surface area contributed by atoms with E-state index in [1.54, 1.807) is 72.6 Å². The Morgan fingerprint density at radius 2 is 1.68 bits per heavy atom. The fraction of sp³-hybridized carbons (Fsp3) is 0.211. The Balaban J connectivity index is 1.22. The molecule has 0 spiro atoms. The number of carbonyl (C=O) groups excluding carboxylic acids is 2. The Kier molecular flexibility index (Phi) is 7.79. The van der Waals surface area contributed by atoms with Crippen LogP contribution >= 0.6 is 0 Å². The standard InChI is InChI=1S/C38H34N4O5/c1-25(10-9-17-35(44)40-23-28-13-6-5-11-26(28)20-31(40)24-43)38(47)33-21-30(42-36(45)32-16-8-7-12-27(32)22-39-42)18-19-34(33)41(37(38)46)29-14-3-2-4-15-29/h2-16,18-19,21-22,25,31,43,47H,17,20,23-24H2,1H3/b10-9+/t25-,31+,38+/m1/s1. The van der Waals surface area contributed by atoms with Gasteiger partial charge in [0.25, 0.3) is 11.5 Å². The molecule has 236 valence electrons. The van der Waals surface area contributed by atoms with Gasteiger partial charge in [-0.25, -0.2) is 0 Å². The molecule has 3 heterocycles. The van der Waals surface area contributed by atoms with Crippen molar-refractivity contribution in [2.45, 2.75) is 38.0 Å². The molecule has 4 aromatic carbocycles. The summed E-state index contributed by atoms with van der Waals surface area (Å²) >= 11 is 0. The number of rotatable bonds is 7. The van der Waals surface area contributed by atoms with E-state index in [2.05, 4.69) is 5.10 Å². The van der Waals surface area contributed by atoms with Gasteiger partial charge in [-0.2, -0.15) is 9.78 Å².